The predicted octanol–water partition coefficient (Wildman–Crippen LogP) is 5.71. The lowest BCUT2D eigenvalue weighted by molar-refractivity contribution is 0.589. The zero-order valence-corrected chi connectivity index (χ0v) is 24.3. The maximum Gasteiger partial charge on any atom is 0.258 e. The molecule has 192 valence electrons. The van der Waals surface area contributed by atoms with Crippen LogP contribution >= 0.6 is 0 Å². The second-order valence-corrected chi connectivity index (χ2v) is 13.2. The summed E-state index contributed by atoms with van der Waals surface area (Å²) in [6.45, 7) is 21.1. The number of fused-ring (bicyclic) bond motifs is 5. The Labute approximate surface area is 229 Å². The van der Waals surface area contributed by atoms with Crippen LogP contribution in [0.5, 0.6) is 0 Å². The van der Waals surface area contributed by atoms with Gasteiger partial charge in [0.1, 0.15) is 11.3 Å². The van der Waals surface area contributed by atoms with E-state index in [1.807, 2.05) is 0 Å². The lowest BCUT2D eigenvalue weighted by Gasteiger charge is -2.34. The summed E-state index contributed by atoms with van der Waals surface area (Å²) in [5.41, 5.74) is 25.0. The molecule has 0 bridgehead atoms. The first kappa shape index (κ1) is 22.0. The summed E-state index contributed by atoms with van der Waals surface area (Å²) < 4.78 is 10.3. The highest BCUT2D eigenvalue weighted by atomic mass is 15.2. The summed E-state index contributed by atoms with van der Waals surface area (Å²) in [5.74, 6) is 0. The van der Waals surface area contributed by atoms with Crippen LogP contribution in [-0.2, 0) is 5.41 Å². The molecule has 4 nitrogen and oxygen atoms in total. The quantitative estimate of drug-likeness (QED) is 0.234. The summed E-state index contributed by atoms with van der Waals surface area (Å²) >= 11 is 0. The van der Waals surface area contributed by atoms with Gasteiger partial charge in [-0.3, -0.25) is 9.13 Å². The third-order valence-electron chi connectivity index (χ3n) is 10.5. The number of benzene rings is 2. The van der Waals surface area contributed by atoms with Gasteiger partial charge in [0.05, 0.1) is 0 Å². The molecule has 4 aromatic heterocycles. The Kier molecular flexibility index (Phi) is 3.56. The van der Waals surface area contributed by atoms with E-state index in [1.54, 1.807) is 0 Å². The zero-order valence-electron chi connectivity index (χ0n) is 24.3. The van der Waals surface area contributed by atoms with E-state index in [4.69, 9.17) is 0 Å². The molecule has 0 fully saturated rings. The lowest BCUT2D eigenvalue weighted by Crippen LogP contribution is -2.59. The van der Waals surface area contributed by atoms with Crippen molar-refractivity contribution < 1.29 is 0 Å². The number of aryl methyl sites for hydroxylation is 4. The Morgan fingerprint density at radius 2 is 1.00 bits per heavy atom. The molecule has 2 aromatic carbocycles. The molecule has 0 atom stereocenters. The Morgan fingerprint density at radius 3 is 1.41 bits per heavy atom. The molecule has 9 rings (SSSR count). The van der Waals surface area contributed by atoms with E-state index >= 15 is 0 Å². The number of nitrogens with zero attached hydrogens (tertiary/aromatic N) is 4. The lowest BCUT2D eigenvalue weighted by atomic mass is 9.34. The summed E-state index contributed by atoms with van der Waals surface area (Å²) in [5, 5.41) is 0. The van der Waals surface area contributed by atoms with Gasteiger partial charge in [0.25, 0.3) is 6.71 Å². The van der Waals surface area contributed by atoms with Crippen LogP contribution < -0.4 is 16.4 Å². The fourth-order valence-corrected chi connectivity index (χ4v) is 8.51. The van der Waals surface area contributed by atoms with Crippen LogP contribution in [0, 0.1) is 41.5 Å². The van der Waals surface area contributed by atoms with Gasteiger partial charge in [0.2, 0.25) is 0 Å². The highest BCUT2D eigenvalue weighted by Crippen LogP contribution is 2.45. The number of rotatable bonds is 0. The molecule has 3 aliphatic rings. The van der Waals surface area contributed by atoms with E-state index in [0.717, 1.165) is 0 Å². The van der Waals surface area contributed by atoms with Crippen molar-refractivity contribution in [1.82, 2.24) is 17.9 Å². The smallest absolute Gasteiger partial charge is 0.258 e. The number of imidazole rings is 2. The molecule has 0 N–H and O–H groups in total. The van der Waals surface area contributed by atoms with Crippen molar-refractivity contribution >= 4 is 34.4 Å². The van der Waals surface area contributed by atoms with Crippen molar-refractivity contribution in [3.05, 3.63) is 76.1 Å². The third-order valence-corrected chi connectivity index (χ3v) is 10.5. The maximum absolute atomic E-state index is 2.59. The Bertz CT molecular complexity index is 2020. The largest absolute Gasteiger partial charge is 0.302 e. The Morgan fingerprint density at radius 1 is 0.564 bits per heavy atom. The molecule has 0 saturated heterocycles. The first-order valence-corrected chi connectivity index (χ1v) is 14.3. The van der Waals surface area contributed by atoms with Gasteiger partial charge in [-0.2, -0.15) is 0 Å². The van der Waals surface area contributed by atoms with Crippen molar-refractivity contribution in [3.8, 4) is 33.6 Å². The molecule has 0 saturated carbocycles. The van der Waals surface area contributed by atoms with Crippen molar-refractivity contribution in [2.45, 2.75) is 67.7 Å². The van der Waals surface area contributed by atoms with E-state index < -0.39 is 0 Å². The Balaban J connectivity index is 1.65. The summed E-state index contributed by atoms with van der Waals surface area (Å²) in [6.07, 6.45) is 0. The van der Waals surface area contributed by atoms with Gasteiger partial charge < -0.3 is 8.80 Å². The van der Waals surface area contributed by atoms with E-state index in [1.165, 1.54) is 101 Å². The van der Waals surface area contributed by atoms with Crippen molar-refractivity contribution in [2.24, 2.45) is 0 Å². The molecule has 0 amide bonds. The minimum absolute atomic E-state index is 0.0384. The average molecular weight is 508 g/mol. The van der Waals surface area contributed by atoms with Crippen LogP contribution in [0.3, 0.4) is 0 Å². The highest BCUT2D eigenvalue weighted by Gasteiger charge is 2.48. The van der Waals surface area contributed by atoms with E-state index in [2.05, 4.69) is 117 Å². The number of hydrogen-bond donors (Lipinski definition) is 0. The van der Waals surface area contributed by atoms with E-state index in [-0.39, 0.29) is 12.1 Å². The number of hydrogen-bond acceptors (Lipinski definition) is 0. The predicted molar refractivity (Wildman–Crippen MR) is 163 cm³/mol. The molecule has 5 heteroatoms. The summed E-state index contributed by atoms with van der Waals surface area (Å²) in [7, 11) is 0. The van der Waals surface area contributed by atoms with Gasteiger partial charge in [-0.25, -0.2) is 0 Å². The number of aromatic nitrogens is 4. The maximum atomic E-state index is 2.59. The van der Waals surface area contributed by atoms with E-state index in [9.17, 15) is 0 Å². The van der Waals surface area contributed by atoms with Crippen LogP contribution in [0.4, 0.5) is 0 Å². The molecule has 6 aromatic rings. The van der Waals surface area contributed by atoms with Crippen molar-refractivity contribution in [2.75, 3.05) is 0 Å². The second kappa shape index (κ2) is 6.30. The molecule has 39 heavy (non-hydrogen) atoms. The van der Waals surface area contributed by atoms with Gasteiger partial charge in [-0.05, 0) is 92.2 Å². The fourth-order valence-electron chi connectivity index (χ4n) is 8.51. The van der Waals surface area contributed by atoms with Crippen molar-refractivity contribution in [3.63, 3.8) is 0 Å². The Hall–Kier alpha value is -3.86. The van der Waals surface area contributed by atoms with E-state index in [0.29, 0.717) is 0 Å². The van der Waals surface area contributed by atoms with Gasteiger partial charge in [0.15, 0.2) is 0 Å². The average Bonchev–Trinajstić information content (AvgIpc) is 3.50. The molecule has 0 unspecified atom stereocenters. The first-order chi connectivity index (χ1) is 18.5. The van der Waals surface area contributed by atoms with Crippen LogP contribution in [0.15, 0.2) is 36.4 Å². The zero-order chi connectivity index (χ0) is 27.0. The third kappa shape index (κ3) is 2.12. The van der Waals surface area contributed by atoms with Gasteiger partial charge in [0, 0.05) is 56.7 Å². The SMILES string of the molecule is Cc1c(C)n2c(C)c3c4c2n1-c1cc(C(C)(C)C)cc2c1B4c1c(c(C)n4c(C)c(C)n-2c14)-c1ccccc1-3. The van der Waals surface area contributed by atoms with Gasteiger partial charge in [-0.15, -0.1) is 0 Å². The molecule has 0 aliphatic carbocycles. The first-order valence-electron chi connectivity index (χ1n) is 14.3. The van der Waals surface area contributed by atoms with Crippen LogP contribution in [0.2, 0.25) is 0 Å². The van der Waals surface area contributed by atoms with Gasteiger partial charge >= 0.3 is 0 Å². The minimum Gasteiger partial charge on any atom is -0.302 e. The molecule has 3 aliphatic heterocycles. The van der Waals surface area contributed by atoms with Crippen LogP contribution in [0.25, 0.3) is 44.9 Å². The minimum atomic E-state index is 0.0384. The standard InChI is InChI=1S/C34H33BN4/c1-16-18(3)38-25-14-22(34(7,8)9)15-26-29(25)35-30-27(20(5)36(16)32(30)38)23-12-10-11-13-24(23)28-21(6)37-17(2)19(4)39(26)33(37)31(28)35/h10-15H,1-9H3. The highest BCUT2D eigenvalue weighted by molar-refractivity contribution is 7.01. The summed E-state index contributed by atoms with van der Waals surface area (Å²) in [6, 6.07) is 14.2. The van der Waals surface area contributed by atoms with Gasteiger partial charge in [-0.1, -0.05) is 45.0 Å². The second-order valence-electron chi connectivity index (χ2n) is 13.2. The normalized spacial score (nSPS) is 14.2. The topological polar surface area (TPSA) is 18.7 Å². The van der Waals surface area contributed by atoms with Crippen LogP contribution in [-0.4, -0.2) is 24.6 Å². The summed E-state index contributed by atoms with van der Waals surface area (Å²) in [4.78, 5) is 0. The monoisotopic (exact) mass is 508 g/mol. The molecular formula is C34H33BN4. The molecule has 0 spiro atoms. The van der Waals surface area contributed by atoms with Crippen molar-refractivity contribution in [1.29, 1.82) is 0 Å². The fraction of sp³-hybridized carbons (Fsp3) is 0.294. The van der Waals surface area contributed by atoms with Crippen LogP contribution in [0.1, 0.15) is 60.5 Å². The molecule has 0 radical (unpaired) electrons. The molecule has 7 heterocycles. The molecular weight excluding hydrogens is 475 g/mol.